The van der Waals surface area contributed by atoms with E-state index in [1.54, 1.807) is 0 Å². The Labute approximate surface area is 193 Å². The first-order valence-electron chi connectivity index (χ1n) is 12.0. The molecule has 2 atom stereocenters. The number of anilines is 1. The molecule has 1 N–H and O–H groups in total. The number of rotatable bonds is 9. The summed E-state index contributed by atoms with van der Waals surface area (Å²) in [6.07, 6.45) is 3.20. The number of aromatic hydroxyl groups is 1. The van der Waals surface area contributed by atoms with Gasteiger partial charge in [-0.15, -0.1) is 0 Å². The van der Waals surface area contributed by atoms with E-state index in [4.69, 9.17) is 0 Å². The molecule has 0 aliphatic rings. The van der Waals surface area contributed by atoms with E-state index in [0.29, 0.717) is 14.3 Å². The summed E-state index contributed by atoms with van der Waals surface area (Å²) >= 11 is 0. The Hall–Kier alpha value is -1.53. The van der Waals surface area contributed by atoms with Crippen molar-refractivity contribution in [2.24, 2.45) is 0 Å². The Bertz CT molecular complexity index is 879. The second-order valence-corrected chi connectivity index (χ2v) is 11.6. The van der Waals surface area contributed by atoms with Gasteiger partial charge in [-0.2, -0.15) is 0 Å². The highest BCUT2D eigenvalue weighted by molar-refractivity contribution is 7.49. The molecule has 172 valence electrons. The molecule has 0 saturated heterocycles. The molecule has 0 bridgehead atoms. The van der Waals surface area contributed by atoms with Crippen LogP contribution in [0.2, 0.25) is 0 Å². The third kappa shape index (κ3) is 5.46. The molecule has 2 aromatic rings. The van der Waals surface area contributed by atoms with Crippen molar-refractivity contribution in [2.75, 3.05) is 18.0 Å². The molecule has 0 aliphatic carbocycles. The van der Waals surface area contributed by atoms with Crippen molar-refractivity contribution in [1.82, 2.24) is 0 Å². The van der Waals surface area contributed by atoms with Gasteiger partial charge in [0.2, 0.25) is 0 Å². The van der Waals surface area contributed by atoms with E-state index < -0.39 is 0 Å². The highest BCUT2D eigenvalue weighted by Crippen LogP contribution is 2.53. The predicted octanol–water partition coefficient (Wildman–Crippen LogP) is 7.56. The molecule has 2 aromatic carbocycles. The van der Waals surface area contributed by atoms with Gasteiger partial charge in [-0.05, 0) is 74.0 Å². The molecule has 2 nitrogen and oxygen atoms in total. The SMILES string of the molecule is CCCC(CC)(Pc1c(C)cccc1N(CC)CC)c1cc(C(C)(C)C)cc(C)c1O. The summed E-state index contributed by atoms with van der Waals surface area (Å²) in [5, 5.41) is 12.7. The van der Waals surface area contributed by atoms with Crippen LogP contribution in [0.1, 0.15) is 90.0 Å². The molecule has 0 amide bonds. The lowest BCUT2D eigenvalue weighted by Gasteiger charge is -2.38. The molecular formula is C28H44NOP. The van der Waals surface area contributed by atoms with Crippen LogP contribution in [-0.2, 0) is 10.6 Å². The average molecular weight is 442 g/mol. The van der Waals surface area contributed by atoms with Gasteiger partial charge in [0.1, 0.15) is 5.75 Å². The summed E-state index contributed by atoms with van der Waals surface area (Å²) in [5.74, 6) is 0.494. The second-order valence-electron chi connectivity index (χ2n) is 9.89. The number of hydrogen-bond donors (Lipinski definition) is 1. The number of hydrogen-bond acceptors (Lipinski definition) is 2. The van der Waals surface area contributed by atoms with Crippen LogP contribution in [0.3, 0.4) is 0 Å². The lowest BCUT2D eigenvalue weighted by Crippen LogP contribution is -2.30. The van der Waals surface area contributed by atoms with Crippen LogP contribution in [0.4, 0.5) is 5.69 Å². The summed E-state index contributed by atoms with van der Waals surface area (Å²) in [7, 11) is 0.618. The van der Waals surface area contributed by atoms with E-state index in [-0.39, 0.29) is 10.6 Å². The fraction of sp³-hybridized carbons (Fsp3) is 0.571. The van der Waals surface area contributed by atoms with E-state index in [2.05, 4.69) is 97.5 Å². The van der Waals surface area contributed by atoms with Gasteiger partial charge in [0.25, 0.3) is 0 Å². The first-order valence-corrected chi connectivity index (χ1v) is 13.0. The zero-order valence-corrected chi connectivity index (χ0v) is 22.3. The molecule has 0 radical (unpaired) electrons. The van der Waals surface area contributed by atoms with Gasteiger partial charge in [0.15, 0.2) is 0 Å². The van der Waals surface area contributed by atoms with Crippen LogP contribution in [-0.4, -0.2) is 18.2 Å². The number of nitrogens with zero attached hydrogens (tertiary/aromatic N) is 1. The van der Waals surface area contributed by atoms with Crippen molar-refractivity contribution in [3.05, 3.63) is 52.6 Å². The minimum atomic E-state index is -0.0567. The standard InChI is InChI=1S/C28H44NOP/c1-10-17-28(11-2,23-19-22(27(7,8)9)18-21(6)25(23)30)31-26-20(5)15-14-16-24(26)29(12-3)13-4/h14-16,18-19,30-31H,10-13,17H2,1-9H3. The number of aryl methyl sites for hydroxylation is 2. The van der Waals surface area contributed by atoms with Gasteiger partial charge >= 0.3 is 0 Å². The van der Waals surface area contributed by atoms with Gasteiger partial charge in [-0.3, -0.25) is 0 Å². The van der Waals surface area contributed by atoms with Crippen LogP contribution in [0, 0.1) is 13.8 Å². The third-order valence-electron chi connectivity index (χ3n) is 6.68. The summed E-state index contributed by atoms with van der Waals surface area (Å²) in [5.41, 5.74) is 6.23. The molecule has 0 spiro atoms. The molecule has 0 heterocycles. The quantitative estimate of drug-likeness (QED) is 0.406. The third-order valence-corrected chi connectivity index (χ3v) is 8.93. The van der Waals surface area contributed by atoms with Crippen molar-refractivity contribution in [2.45, 2.75) is 92.1 Å². The van der Waals surface area contributed by atoms with Crippen molar-refractivity contribution >= 4 is 19.6 Å². The number of phenolic OH excluding ortho intramolecular Hbond substituents is 1. The maximum Gasteiger partial charge on any atom is 0.122 e. The van der Waals surface area contributed by atoms with Gasteiger partial charge in [-0.25, -0.2) is 0 Å². The van der Waals surface area contributed by atoms with Crippen molar-refractivity contribution < 1.29 is 5.11 Å². The monoisotopic (exact) mass is 441 g/mol. The van der Waals surface area contributed by atoms with Crippen molar-refractivity contribution in [1.29, 1.82) is 0 Å². The fourth-order valence-electron chi connectivity index (χ4n) is 4.61. The Kier molecular flexibility index (Phi) is 8.62. The molecule has 0 aliphatic heterocycles. The van der Waals surface area contributed by atoms with Crippen molar-refractivity contribution in [3.63, 3.8) is 0 Å². The predicted molar refractivity (Wildman–Crippen MR) is 141 cm³/mol. The van der Waals surface area contributed by atoms with Crippen molar-refractivity contribution in [3.8, 4) is 5.75 Å². The summed E-state index contributed by atoms with van der Waals surface area (Å²) in [6, 6.07) is 11.2. The Morgan fingerprint density at radius 1 is 0.935 bits per heavy atom. The normalized spacial score (nSPS) is 14.2. The molecular weight excluding hydrogens is 397 g/mol. The second kappa shape index (κ2) is 10.4. The highest BCUT2D eigenvalue weighted by atomic mass is 31.1. The molecule has 0 fully saturated rings. The summed E-state index contributed by atoms with van der Waals surface area (Å²) in [6.45, 7) is 22.2. The van der Waals surface area contributed by atoms with Gasteiger partial charge in [-0.1, -0.05) is 73.9 Å². The van der Waals surface area contributed by atoms with Crippen LogP contribution in [0.25, 0.3) is 0 Å². The van der Waals surface area contributed by atoms with Crippen LogP contribution >= 0.6 is 8.58 Å². The first kappa shape index (κ1) is 25.7. The molecule has 0 aromatic heterocycles. The summed E-state index contributed by atoms with van der Waals surface area (Å²) in [4.78, 5) is 2.47. The summed E-state index contributed by atoms with van der Waals surface area (Å²) < 4.78 is 0. The Morgan fingerprint density at radius 2 is 1.58 bits per heavy atom. The van der Waals surface area contributed by atoms with E-state index in [1.807, 2.05) is 0 Å². The van der Waals surface area contributed by atoms with E-state index in [0.717, 1.165) is 43.5 Å². The maximum atomic E-state index is 11.3. The number of phenols is 1. The molecule has 2 unspecified atom stereocenters. The molecule has 2 rings (SSSR count). The smallest absolute Gasteiger partial charge is 0.122 e. The molecule has 31 heavy (non-hydrogen) atoms. The van der Waals surface area contributed by atoms with Crippen LogP contribution in [0.5, 0.6) is 5.75 Å². The molecule has 3 heteroatoms. The Morgan fingerprint density at radius 3 is 2.10 bits per heavy atom. The molecule has 0 saturated carbocycles. The van der Waals surface area contributed by atoms with Gasteiger partial charge in [0.05, 0.1) is 0 Å². The fourth-order valence-corrected chi connectivity index (χ4v) is 6.61. The zero-order chi connectivity index (χ0) is 23.4. The lowest BCUT2D eigenvalue weighted by molar-refractivity contribution is 0.437. The van der Waals surface area contributed by atoms with Crippen LogP contribution < -0.4 is 10.2 Å². The van der Waals surface area contributed by atoms with E-state index in [9.17, 15) is 5.11 Å². The first-order chi connectivity index (χ1) is 14.5. The van der Waals surface area contributed by atoms with Crippen LogP contribution in [0.15, 0.2) is 30.3 Å². The van der Waals surface area contributed by atoms with Gasteiger partial charge in [0, 0.05) is 29.5 Å². The Balaban J connectivity index is 2.75. The van der Waals surface area contributed by atoms with E-state index >= 15 is 0 Å². The lowest BCUT2D eigenvalue weighted by atomic mass is 9.81. The number of benzene rings is 2. The van der Waals surface area contributed by atoms with Gasteiger partial charge < -0.3 is 10.0 Å². The maximum absolute atomic E-state index is 11.3. The largest absolute Gasteiger partial charge is 0.507 e. The van der Waals surface area contributed by atoms with E-state index in [1.165, 1.54) is 22.1 Å². The minimum Gasteiger partial charge on any atom is -0.507 e. The highest BCUT2D eigenvalue weighted by Gasteiger charge is 2.35. The zero-order valence-electron chi connectivity index (χ0n) is 21.3. The minimum absolute atomic E-state index is 0.0526. The topological polar surface area (TPSA) is 23.5 Å². The average Bonchev–Trinajstić information content (AvgIpc) is 2.71.